The number of methoxy groups -OCH3 is 1. The Morgan fingerprint density at radius 3 is 2.16 bits per heavy atom. The summed E-state index contributed by atoms with van der Waals surface area (Å²) in [6.07, 6.45) is -4.72. The van der Waals surface area contributed by atoms with Crippen molar-refractivity contribution in [3.63, 3.8) is 0 Å². The molecule has 0 amide bonds. The third-order valence-electron chi connectivity index (χ3n) is 2.71. The maximum atomic E-state index is 12.1. The molecular formula is C13H18F3NO2. The number of halogens is 3. The van der Waals surface area contributed by atoms with E-state index in [0.29, 0.717) is 5.56 Å². The standard InChI is InChI=1S/C13H18F3NO2/c1-12(2,3)11(17)9-6-5-8(7-10(9)18-4)19-13(14,15)16/h5-7,11H,17H2,1-4H3/t11-/m0/s1. The smallest absolute Gasteiger partial charge is 0.496 e. The molecule has 0 spiro atoms. The van der Waals surface area contributed by atoms with E-state index in [1.54, 1.807) is 0 Å². The van der Waals surface area contributed by atoms with Gasteiger partial charge in [0.2, 0.25) is 0 Å². The fraction of sp³-hybridized carbons (Fsp3) is 0.538. The van der Waals surface area contributed by atoms with Gasteiger partial charge in [-0.05, 0) is 11.5 Å². The van der Waals surface area contributed by atoms with Crippen LogP contribution >= 0.6 is 0 Å². The lowest BCUT2D eigenvalue weighted by Gasteiger charge is -2.28. The number of hydrogen-bond acceptors (Lipinski definition) is 3. The molecule has 1 aromatic rings. The van der Waals surface area contributed by atoms with Crippen LogP contribution in [0.4, 0.5) is 13.2 Å². The number of rotatable bonds is 3. The molecule has 0 saturated heterocycles. The first-order chi connectivity index (χ1) is 8.54. The Bertz CT molecular complexity index is 438. The lowest BCUT2D eigenvalue weighted by atomic mass is 9.83. The molecule has 0 bridgehead atoms. The van der Waals surface area contributed by atoms with Gasteiger partial charge in [-0.1, -0.05) is 26.8 Å². The van der Waals surface area contributed by atoms with E-state index < -0.39 is 6.36 Å². The van der Waals surface area contributed by atoms with Crippen LogP contribution in [0.5, 0.6) is 11.5 Å². The van der Waals surface area contributed by atoms with Crippen LogP contribution in [0.1, 0.15) is 32.4 Å². The molecule has 108 valence electrons. The lowest BCUT2D eigenvalue weighted by Crippen LogP contribution is -2.26. The van der Waals surface area contributed by atoms with Crippen molar-refractivity contribution in [3.8, 4) is 11.5 Å². The molecule has 0 aliphatic rings. The Kier molecular flexibility index (Phi) is 4.35. The second-order valence-electron chi connectivity index (χ2n) is 5.30. The minimum Gasteiger partial charge on any atom is -0.496 e. The van der Waals surface area contributed by atoms with E-state index in [-0.39, 0.29) is 23.0 Å². The monoisotopic (exact) mass is 277 g/mol. The minimum atomic E-state index is -4.72. The molecule has 2 N–H and O–H groups in total. The van der Waals surface area contributed by atoms with Gasteiger partial charge >= 0.3 is 6.36 Å². The summed E-state index contributed by atoms with van der Waals surface area (Å²) < 4.78 is 45.3. The van der Waals surface area contributed by atoms with Crippen molar-refractivity contribution >= 4 is 0 Å². The number of benzene rings is 1. The minimum absolute atomic E-state index is 0.236. The Balaban J connectivity index is 3.10. The van der Waals surface area contributed by atoms with E-state index in [9.17, 15) is 13.2 Å². The van der Waals surface area contributed by atoms with Gasteiger partial charge in [-0.15, -0.1) is 13.2 Å². The average Bonchev–Trinajstić information content (AvgIpc) is 2.24. The zero-order valence-corrected chi connectivity index (χ0v) is 11.3. The normalized spacial score (nSPS) is 14.1. The number of hydrogen-bond donors (Lipinski definition) is 1. The zero-order valence-electron chi connectivity index (χ0n) is 11.3. The third-order valence-corrected chi connectivity index (χ3v) is 2.71. The first kappa shape index (κ1) is 15.6. The molecule has 19 heavy (non-hydrogen) atoms. The van der Waals surface area contributed by atoms with Crippen LogP contribution in [0.2, 0.25) is 0 Å². The maximum absolute atomic E-state index is 12.1. The third kappa shape index (κ3) is 4.31. The van der Waals surface area contributed by atoms with Crippen molar-refractivity contribution in [3.05, 3.63) is 23.8 Å². The molecule has 0 fully saturated rings. The summed E-state index contributed by atoms with van der Waals surface area (Å²) in [4.78, 5) is 0. The summed E-state index contributed by atoms with van der Waals surface area (Å²) in [7, 11) is 1.38. The molecule has 1 rings (SSSR count). The highest BCUT2D eigenvalue weighted by molar-refractivity contribution is 5.43. The van der Waals surface area contributed by atoms with Crippen molar-refractivity contribution in [2.75, 3.05) is 7.11 Å². The van der Waals surface area contributed by atoms with Crippen molar-refractivity contribution in [2.45, 2.75) is 33.2 Å². The van der Waals surface area contributed by atoms with E-state index in [0.717, 1.165) is 0 Å². The highest BCUT2D eigenvalue weighted by Crippen LogP contribution is 2.38. The van der Waals surface area contributed by atoms with Gasteiger partial charge in [0.15, 0.2) is 0 Å². The Hall–Kier alpha value is -1.43. The van der Waals surface area contributed by atoms with Crippen molar-refractivity contribution < 1.29 is 22.6 Å². The topological polar surface area (TPSA) is 44.5 Å². The molecule has 0 heterocycles. The molecule has 0 radical (unpaired) electrons. The van der Waals surface area contributed by atoms with Crippen LogP contribution in [0.3, 0.4) is 0 Å². The van der Waals surface area contributed by atoms with Crippen LogP contribution < -0.4 is 15.2 Å². The molecular weight excluding hydrogens is 259 g/mol. The maximum Gasteiger partial charge on any atom is 0.573 e. The molecule has 6 heteroatoms. The number of alkyl halides is 3. The highest BCUT2D eigenvalue weighted by atomic mass is 19.4. The SMILES string of the molecule is COc1cc(OC(F)(F)F)ccc1[C@H](N)C(C)(C)C. The molecule has 3 nitrogen and oxygen atoms in total. The van der Waals surface area contributed by atoms with E-state index in [4.69, 9.17) is 10.5 Å². The number of ether oxygens (including phenoxy) is 2. The van der Waals surface area contributed by atoms with Gasteiger partial charge < -0.3 is 15.2 Å². The molecule has 0 aromatic heterocycles. The van der Waals surface area contributed by atoms with Gasteiger partial charge in [0.05, 0.1) is 7.11 Å². The van der Waals surface area contributed by atoms with Crippen LogP contribution in [0.15, 0.2) is 18.2 Å². The van der Waals surface area contributed by atoms with Crippen LogP contribution in [-0.2, 0) is 0 Å². The molecule has 1 atom stereocenters. The van der Waals surface area contributed by atoms with Gasteiger partial charge in [0.1, 0.15) is 11.5 Å². The summed E-state index contributed by atoms with van der Waals surface area (Å²) in [6.45, 7) is 5.83. The highest BCUT2D eigenvalue weighted by Gasteiger charge is 2.32. The van der Waals surface area contributed by atoms with Gasteiger partial charge in [-0.2, -0.15) is 0 Å². The van der Waals surface area contributed by atoms with Gasteiger partial charge in [0.25, 0.3) is 0 Å². The summed E-state index contributed by atoms with van der Waals surface area (Å²) >= 11 is 0. The lowest BCUT2D eigenvalue weighted by molar-refractivity contribution is -0.274. The van der Waals surface area contributed by atoms with E-state index in [2.05, 4.69) is 4.74 Å². The predicted octanol–water partition coefficient (Wildman–Crippen LogP) is 3.64. The molecule has 0 unspecified atom stereocenters. The first-order valence-electron chi connectivity index (χ1n) is 5.74. The van der Waals surface area contributed by atoms with Crippen molar-refractivity contribution in [1.82, 2.24) is 0 Å². The van der Waals surface area contributed by atoms with Crippen LogP contribution in [-0.4, -0.2) is 13.5 Å². The van der Waals surface area contributed by atoms with E-state index >= 15 is 0 Å². The Labute approximate surface area is 110 Å². The Morgan fingerprint density at radius 1 is 1.16 bits per heavy atom. The largest absolute Gasteiger partial charge is 0.573 e. The van der Waals surface area contributed by atoms with Crippen LogP contribution in [0.25, 0.3) is 0 Å². The fourth-order valence-electron chi connectivity index (χ4n) is 1.61. The van der Waals surface area contributed by atoms with E-state index in [1.165, 1.54) is 25.3 Å². The zero-order chi connectivity index (χ0) is 14.8. The van der Waals surface area contributed by atoms with Gasteiger partial charge in [0, 0.05) is 17.7 Å². The number of nitrogens with two attached hydrogens (primary N) is 1. The molecule has 0 aliphatic carbocycles. The summed E-state index contributed by atoms with van der Waals surface area (Å²) in [5.41, 5.74) is 6.49. The van der Waals surface area contributed by atoms with Crippen LogP contribution in [0, 0.1) is 5.41 Å². The quantitative estimate of drug-likeness (QED) is 0.917. The van der Waals surface area contributed by atoms with Crippen molar-refractivity contribution in [1.29, 1.82) is 0 Å². The Morgan fingerprint density at radius 2 is 1.74 bits per heavy atom. The summed E-state index contributed by atoms with van der Waals surface area (Å²) in [6, 6.07) is 3.56. The van der Waals surface area contributed by atoms with Gasteiger partial charge in [-0.3, -0.25) is 0 Å². The summed E-state index contributed by atoms with van der Waals surface area (Å²) in [5.74, 6) is -0.0432. The molecule has 0 aliphatic heterocycles. The molecule has 1 aromatic carbocycles. The second kappa shape index (κ2) is 5.28. The van der Waals surface area contributed by atoms with E-state index in [1.807, 2.05) is 20.8 Å². The second-order valence-corrected chi connectivity index (χ2v) is 5.30. The summed E-state index contributed by atoms with van der Waals surface area (Å²) in [5, 5.41) is 0. The van der Waals surface area contributed by atoms with Crippen molar-refractivity contribution in [2.24, 2.45) is 11.1 Å². The fourth-order valence-corrected chi connectivity index (χ4v) is 1.61. The first-order valence-corrected chi connectivity index (χ1v) is 5.74. The average molecular weight is 277 g/mol. The molecule has 0 saturated carbocycles. The predicted molar refractivity (Wildman–Crippen MR) is 66.1 cm³/mol. The van der Waals surface area contributed by atoms with Gasteiger partial charge in [-0.25, -0.2) is 0 Å².